The Hall–Kier alpha value is -0.740. The Morgan fingerprint density at radius 3 is 1.44 bits per heavy atom. The van der Waals surface area contributed by atoms with Gasteiger partial charge in [0.2, 0.25) is 0 Å². The second kappa shape index (κ2) is 8.42. The molecule has 84 valence electrons. The largest absolute Gasteiger partial charge is 0.264 e. The first-order valence-corrected chi connectivity index (χ1v) is 7.01. The summed E-state index contributed by atoms with van der Waals surface area (Å²) in [5, 5.41) is 1.78. The van der Waals surface area contributed by atoms with E-state index in [1.54, 1.807) is 12.4 Å². The zero-order valence-electron chi connectivity index (χ0n) is 8.68. The normalized spacial score (nSPS) is 9.12. The molecule has 2 nitrogen and oxygen atoms in total. The van der Waals surface area contributed by atoms with Crippen molar-refractivity contribution in [1.29, 1.82) is 0 Å². The van der Waals surface area contributed by atoms with Crippen LogP contribution in [0.2, 0.25) is 0 Å². The molecule has 0 N–H and O–H groups in total. The second-order valence-electron chi connectivity index (χ2n) is 2.99. The van der Waals surface area contributed by atoms with Crippen molar-refractivity contribution in [3.8, 4) is 0 Å². The molecule has 2 aromatic rings. The van der Waals surface area contributed by atoms with Crippen molar-refractivity contribution < 1.29 is 0 Å². The lowest BCUT2D eigenvalue weighted by Gasteiger charge is -1.87. The highest BCUT2D eigenvalue weighted by Crippen LogP contribution is 2.00. The minimum absolute atomic E-state index is 0.890. The van der Waals surface area contributed by atoms with Crippen LogP contribution in [0.1, 0.15) is 11.1 Å². The molecule has 0 aliphatic heterocycles. The maximum Gasteiger partial charge on any atom is 0.0308 e. The smallest absolute Gasteiger partial charge is 0.0308 e. The molecule has 0 unspecified atom stereocenters. The lowest BCUT2D eigenvalue weighted by molar-refractivity contribution is 1.26. The first-order valence-electron chi connectivity index (χ1n) is 4.76. The van der Waals surface area contributed by atoms with Crippen molar-refractivity contribution in [2.24, 2.45) is 0 Å². The van der Waals surface area contributed by atoms with Crippen LogP contribution in [-0.2, 0) is 10.7 Å². The minimum atomic E-state index is 0.890. The molecule has 0 radical (unpaired) electrons. The average Bonchev–Trinajstić information content (AvgIpc) is 2.41. The Morgan fingerprint density at radius 1 is 0.812 bits per heavy atom. The van der Waals surface area contributed by atoms with Gasteiger partial charge in [0.15, 0.2) is 0 Å². The van der Waals surface area contributed by atoms with E-state index in [1.165, 1.54) is 11.1 Å². The monoisotopic (exact) mass is 342 g/mol. The molecule has 0 atom stereocenters. The van der Waals surface area contributed by atoms with Crippen LogP contribution in [0.15, 0.2) is 49.1 Å². The van der Waals surface area contributed by atoms with Gasteiger partial charge < -0.3 is 0 Å². The summed E-state index contributed by atoms with van der Waals surface area (Å²) >= 11 is 6.63. The fourth-order valence-corrected chi connectivity index (χ4v) is 1.62. The molecule has 2 aromatic heterocycles. The highest BCUT2D eigenvalue weighted by atomic mass is 79.9. The summed E-state index contributed by atoms with van der Waals surface area (Å²) in [7, 11) is 0. The van der Waals surface area contributed by atoms with Crippen LogP contribution in [0.4, 0.5) is 0 Å². The number of pyridine rings is 2. The predicted octanol–water partition coefficient (Wildman–Crippen LogP) is 3.95. The summed E-state index contributed by atoms with van der Waals surface area (Å²) in [4.78, 5) is 7.85. The van der Waals surface area contributed by atoms with Gasteiger partial charge >= 0.3 is 0 Å². The molecule has 0 aromatic carbocycles. The number of nitrogens with zero attached hydrogens (tertiary/aromatic N) is 2. The number of hydrogen-bond donors (Lipinski definition) is 0. The van der Waals surface area contributed by atoms with Gasteiger partial charge in [0.05, 0.1) is 0 Å². The second-order valence-corrected chi connectivity index (χ2v) is 4.11. The molecule has 0 fully saturated rings. The molecule has 0 spiro atoms. The Labute approximate surface area is 112 Å². The number of hydrogen-bond acceptors (Lipinski definition) is 2. The maximum atomic E-state index is 3.93. The quantitative estimate of drug-likeness (QED) is 0.771. The lowest BCUT2D eigenvalue weighted by Crippen LogP contribution is -1.75. The zero-order chi connectivity index (χ0) is 11.6. The van der Waals surface area contributed by atoms with E-state index in [-0.39, 0.29) is 0 Å². The van der Waals surface area contributed by atoms with Crippen LogP contribution in [0.3, 0.4) is 0 Å². The molecule has 0 aliphatic carbocycles. The van der Waals surface area contributed by atoms with E-state index >= 15 is 0 Å². The Balaban J connectivity index is 0.000000160. The lowest BCUT2D eigenvalue weighted by atomic mass is 10.3. The number of rotatable bonds is 2. The molecular formula is C12H12Br2N2. The summed E-state index contributed by atoms with van der Waals surface area (Å²) < 4.78 is 0. The summed E-state index contributed by atoms with van der Waals surface area (Å²) in [5.41, 5.74) is 2.43. The first kappa shape index (κ1) is 13.3. The van der Waals surface area contributed by atoms with E-state index in [2.05, 4.69) is 41.8 Å². The van der Waals surface area contributed by atoms with Crippen LogP contribution in [0, 0.1) is 0 Å². The van der Waals surface area contributed by atoms with E-state index in [0.717, 1.165) is 10.7 Å². The molecule has 4 heteroatoms. The van der Waals surface area contributed by atoms with Gasteiger partial charge in [0.1, 0.15) is 0 Å². The Bertz CT molecular complexity index is 339. The van der Waals surface area contributed by atoms with Crippen molar-refractivity contribution in [3.05, 3.63) is 60.2 Å². The Morgan fingerprint density at radius 2 is 1.25 bits per heavy atom. The fraction of sp³-hybridized carbons (Fsp3) is 0.167. The van der Waals surface area contributed by atoms with Gasteiger partial charge in [-0.3, -0.25) is 9.97 Å². The summed E-state index contributed by atoms with van der Waals surface area (Å²) in [5.74, 6) is 0. The van der Waals surface area contributed by atoms with Gasteiger partial charge in [0, 0.05) is 35.4 Å². The van der Waals surface area contributed by atoms with E-state index in [0.29, 0.717) is 0 Å². The standard InChI is InChI=1S/2C6H6BrN/c2*7-4-6-2-1-3-8-5-6/h2*1-3,5H,4H2. The van der Waals surface area contributed by atoms with Crippen molar-refractivity contribution >= 4 is 31.9 Å². The van der Waals surface area contributed by atoms with Crippen molar-refractivity contribution in [2.45, 2.75) is 10.7 Å². The van der Waals surface area contributed by atoms with Crippen LogP contribution in [0.5, 0.6) is 0 Å². The van der Waals surface area contributed by atoms with Gasteiger partial charge in [-0.1, -0.05) is 44.0 Å². The molecule has 0 aliphatic rings. The SMILES string of the molecule is BrCc1cccnc1.BrCc1cccnc1. The van der Waals surface area contributed by atoms with E-state index < -0.39 is 0 Å². The molecule has 0 amide bonds. The zero-order valence-corrected chi connectivity index (χ0v) is 11.9. The van der Waals surface area contributed by atoms with Crippen molar-refractivity contribution in [1.82, 2.24) is 9.97 Å². The molecular weight excluding hydrogens is 332 g/mol. The molecule has 0 saturated heterocycles. The molecule has 0 saturated carbocycles. The highest BCUT2D eigenvalue weighted by Gasteiger charge is 1.83. The third kappa shape index (κ3) is 5.37. The van der Waals surface area contributed by atoms with Gasteiger partial charge in [-0.2, -0.15) is 0 Å². The van der Waals surface area contributed by atoms with E-state index in [1.807, 2.05) is 36.7 Å². The van der Waals surface area contributed by atoms with Crippen LogP contribution >= 0.6 is 31.9 Å². The molecule has 0 bridgehead atoms. The fourth-order valence-electron chi connectivity index (χ4n) is 0.954. The number of alkyl halides is 2. The maximum absolute atomic E-state index is 3.93. The molecule has 16 heavy (non-hydrogen) atoms. The average molecular weight is 344 g/mol. The third-order valence-electron chi connectivity index (χ3n) is 1.75. The number of halogens is 2. The van der Waals surface area contributed by atoms with Gasteiger partial charge in [-0.25, -0.2) is 0 Å². The minimum Gasteiger partial charge on any atom is -0.264 e. The van der Waals surface area contributed by atoms with E-state index in [9.17, 15) is 0 Å². The van der Waals surface area contributed by atoms with Crippen LogP contribution < -0.4 is 0 Å². The summed E-state index contributed by atoms with van der Waals surface area (Å²) in [6.07, 6.45) is 7.22. The van der Waals surface area contributed by atoms with Gasteiger partial charge in [-0.15, -0.1) is 0 Å². The van der Waals surface area contributed by atoms with Crippen molar-refractivity contribution in [3.63, 3.8) is 0 Å². The summed E-state index contributed by atoms with van der Waals surface area (Å²) in [6, 6.07) is 7.91. The Kier molecular flexibility index (Phi) is 7.01. The molecule has 2 heterocycles. The predicted molar refractivity (Wildman–Crippen MR) is 73.7 cm³/mol. The van der Waals surface area contributed by atoms with Crippen LogP contribution in [0.25, 0.3) is 0 Å². The van der Waals surface area contributed by atoms with Gasteiger partial charge in [-0.05, 0) is 23.3 Å². The first-order chi connectivity index (χ1) is 7.86. The summed E-state index contributed by atoms with van der Waals surface area (Å²) in [6.45, 7) is 0. The van der Waals surface area contributed by atoms with E-state index in [4.69, 9.17) is 0 Å². The topological polar surface area (TPSA) is 25.8 Å². The van der Waals surface area contributed by atoms with Crippen LogP contribution in [-0.4, -0.2) is 9.97 Å². The van der Waals surface area contributed by atoms with Gasteiger partial charge in [0.25, 0.3) is 0 Å². The third-order valence-corrected chi connectivity index (χ3v) is 3.05. The number of aromatic nitrogens is 2. The highest BCUT2D eigenvalue weighted by molar-refractivity contribution is 9.08. The van der Waals surface area contributed by atoms with Crippen molar-refractivity contribution in [2.75, 3.05) is 0 Å². The molecule has 2 rings (SSSR count).